The molecule has 0 radical (unpaired) electrons. The SMILES string of the molecule is Cc1ccccc1NC(=O)C1(c2ccc3c(c2)OCCO3)CC1. The van der Waals surface area contributed by atoms with Crippen molar-refractivity contribution in [3.05, 3.63) is 53.6 Å². The van der Waals surface area contributed by atoms with Crippen LogP contribution in [0.15, 0.2) is 42.5 Å². The Bertz CT molecular complexity index is 765. The molecular formula is C19H19NO3. The molecule has 4 nitrogen and oxygen atoms in total. The first-order chi connectivity index (χ1) is 11.2. The molecule has 2 aromatic carbocycles. The van der Waals surface area contributed by atoms with Crippen molar-refractivity contribution in [2.45, 2.75) is 25.2 Å². The normalized spacial score (nSPS) is 17.4. The molecule has 1 fully saturated rings. The Morgan fingerprint density at radius 1 is 1.04 bits per heavy atom. The van der Waals surface area contributed by atoms with Crippen molar-refractivity contribution >= 4 is 11.6 Å². The molecule has 1 N–H and O–H groups in total. The fourth-order valence-corrected chi connectivity index (χ4v) is 3.07. The molecular weight excluding hydrogens is 290 g/mol. The Kier molecular flexibility index (Phi) is 3.26. The summed E-state index contributed by atoms with van der Waals surface area (Å²) in [7, 11) is 0. The van der Waals surface area contributed by atoms with Crippen molar-refractivity contribution in [3.63, 3.8) is 0 Å². The second kappa shape index (κ2) is 5.30. The Labute approximate surface area is 135 Å². The van der Waals surface area contributed by atoms with Gasteiger partial charge in [0.15, 0.2) is 11.5 Å². The van der Waals surface area contributed by atoms with E-state index in [0.717, 1.165) is 41.2 Å². The summed E-state index contributed by atoms with van der Waals surface area (Å²) in [6.07, 6.45) is 1.73. The highest BCUT2D eigenvalue weighted by atomic mass is 16.6. The number of amides is 1. The van der Waals surface area contributed by atoms with Gasteiger partial charge in [0.05, 0.1) is 5.41 Å². The maximum Gasteiger partial charge on any atom is 0.235 e. The molecule has 1 aliphatic heterocycles. The molecule has 1 heterocycles. The monoisotopic (exact) mass is 309 g/mol. The van der Waals surface area contributed by atoms with Gasteiger partial charge >= 0.3 is 0 Å². The molecule has 2 aliphatic rings. The van der Waals surface area contributed by atoms with E-state index in [0.29, 0.717) is 13.2 Å². The summed E-state index contributed by atoms with van der Waals surface area (Å²) >= 11 is 0. The molecule has 0 unspecified atom stereocenters. The molecule has 1 aliphatic carbocycles. The van der Waals surface area contributed by atoms with Crippen LogP contribution in [0.3, 0.4) is 0 Å². The highest BCUT2D eigenvalue weighted by Crippen LogP contribution is 2.51. The van der Waals surface area contributed by atoms with E-state index in [1.54, 1.807) is 0 Å². The van der Waals surface area contributed by atoms with Crippen LogP contribution in [0.2, 0.25) is 0 Å². The van der Waals surface area contributed by atoms with Crippen molar-refractivity contribution in [1.29, 1.82) is 0 Å². The minimum absolute atomic E-state index is 0.0588. The Balaban J connectivity index is 1.61. The van der Waals surface area contributed by atoms with Gasteiger partial charge in [0, 0.05) is 5.69 Å². The average Bonchev–Trinajstić information content (AvgIpc) is 3.38. The van der Waals surface area contributed by atoms with Gasteiger partial charge in [0.2, 0.25) is 5.91 Å². The van der Waals surface area contributed by atoms with Crippen LogP contribution in [0.5, 0.6) is 11.5 Å². The quantitative estimate of drug-likeness (QED) is 0.945. The summed E-state index contributed by atoms with van der Waals surface area (Å²) in [6.45, 7) is 3.13. The zero-order valence-electron chi connectivity index (χ0n) is 13.1. The van der Waals surface area contributed by atoms with E-state index in [-0.39, 0.29) is 5.91 Å². The fourth-order valence-electron chi connectivity index (χ4n) is 3.07. The Morgan fingerprint density at radius 2 is 1.78 bits per heavy atom. The second-order valence-electron chi connectivity index (χ2n) is 6.21. The number of benzene rings is 2. The Hall–Kier alpha value is -2.49. The highest BCUT2D eigenvalue weighted by molar-refractivity contribution is 6.01. The van der Waals surface area contributed by atoms with Gasteiger partial charge in [-0.25, -0.2) is 0 Å². The molecule has 0 aromatic heterocycles. The lowest BCUT2D eigenvalue weighted by atomic mass is 9.94. The summed E-state index contributed by atoms with van der Waals surface area (Å²) in [6, 6.07) is 13.7. The van der Waals surface area contributed by atoms with Crippen LogP contribution in [-0.2, 0) is 10.2 Å². The predicted molar refractivity (Wildman–Crippen MR) is 88.2 cm³/mol. The van der Waals surface area contributed by atoms with E-state index in [4.69, 9.17) is 9.47 Å². The average molecular weight is 309 g/mol. The molecule has 0 saturated heterocycles. The number of hydrogen-bond donors (Lipinski definition) is 1. The van der Waals surface area contributed by atoms with Gasteiger partial charge in [0.25, 0.3) is 0 Å². The molecule has 1 saturated carbocycles. The third-order valence-corrected chi connectivity index (χ3v) is 4.67. The zero-order chi connectivity index (χ0) is 15.9. The number of rotatable bonds is 3. The molecule has 4 heteroatoms. The number of anilines is 1. The molecule has 0 bridgehead atoms. The smallest absolute Gasteiger partial charge is 0.235 e. The van der Waals surface area contributed by atoms with Crippen molar-refractivity contribution in [2.24, 2.45) is 0 Å². The van der Waals surface area contributed by atoms with Gasteiger partial charge < -0.3 is 14.8 Å². The third kappa shape index (κ3) is 2.44. The summed E-state index contributed by atoms with van der Waals surface area (Å²) in [5.41, 5.74) is 2.52. The maximum atomic E-state index is 12.8. The standard InChI is InChI=1S/C19H19NO3/c1-13-4-2-3-5-15(13)20-18(21)19(8-9-19)14-6-7-16-17(12-14)23-11-10-22-16/h2-7,12H,8-11H2,1H3,(H,20,21). The van der Waals surface area contributed by atoms with E-state index in [9.17, 15) is 4.79 Å². The van der Waals surface area contributed by atoms with Gasteiger partial charge in [-0.2, -0.15) is 0 Å². The van der Waals surface area contributed by atoms with E-state index < -0.39 is 5.41 Å². The number of para-hydroxylation sites is 1. The summed E-state index contributed by atoms with van der Waals surface area (Å²) < 4.78 is 11.2. The second-order valence-corrected chi connectivity index (χ2v) is 6.21. The highest BCUT2D eigenvalue weighted by Gasteiger charge is 2.51. The third-order valence-electron chi connectivity index (χ3n) is 4.67. The summed E-state index contributed by atoms with van der Waals surface area (Å²) in [4.78, 5) is 12.8. The zero-order valence-corrected chi connectivity index (χ0v) is 13.1. The van der Waals surface area contributed by atoms with Gasteiger partial charge in [-0.15, -0.1) is 0 Å². The van der Waals surface area contributed by atoms with Crippen molar-refractivity contribution in [2.75, 3.05) is 18.5 Å². The van der Waals surface area contributed by atoms with Gasteiger partial charge in [-0.1, -0.05) is 24.3 Å². The van der Waals surface area contributed by atoms with E-state index in [2.05, 4.69) is 5.32 Å². The van der Waals surface area contributed by atoms with E-state index in [1.807, 2.05) is 49.4 Å². The lowest BCUT2D eigenvalue weighted by molar-refractivity contribution is -0.118. The van der Waals surface area contributed by atoms with Crippen LogP contribution >= 0.6 is 0 Å². The number of nitrogens with one attached hydrogen (secondary N) is 1. The lowest BCUT2D eigenvalue weighted by Crippen LogP contribution is -2.28. The van der Waals surface area contributed by atoms with Crippen LogP contribution in [-0.4, -0.2) is 19.1 Å². The number of carbonyl (C=O) groups excluding carboxylic acids is 1. The van der Waals surface area contributed by atoms with Crippen LogP contribution in [0, 0.1) is 6.92 Å². The fraction of sp³-hybridized carbons (Fsp3) is 0.316. The minimum atomic E-state index is -0.432. The number of hydrogen-bond acceptors (Lipinski definition) is 3. The topological polar surface area (TPSA) is 47.6 Å². The molecule has 23 heavy (non-hydrogen) atoms. The van der Waals surface area contributed by atoms with Crippen molar-refractivity contribution in [1.82, 2.24) is 0 Å². The van der Waals surface area contributed by atoms with Crippen LogP contribution in [0.25, 0.3) is 0 Å². The maximum absolute atomic E-state index is 12.8. The molecule has 4 rings (SSSR count). The van der Waals surface area contributed by atoms with Gasteiger partial charge in [0.1, 0.15) is 13.2 Å². The van der Waals surface area contributed by atoms with Gasteiger partial charge in [-0.3, -0.25) is 4.79 Å². The number of fused-ring (bicyclic) bond motifs is 1. The van der Waals surface area contributed by atoms with E-state index >= 15 is 0 Å². The number of carbonyl (C=O) groups is 1. The van der Waals surface area contributed by atoms with Crippen LogP contribution in [0.4, 0.5) is 5.69 Å². The summed E-state index contributed by atoms with van der Waals surface area (Å²) in [5, 5.41) is 3.08. The minimum Gasteiger partial charge on any atom is -0.486 e. The largest absolute Gasteiger partial charge is 0.486 e. The van der Waals surface area contributed by atoms with Crippen LogP contribution in [0.1, 0.15) is 24.0 Å². The van der Waals surface area contributed by atoms with Crippen molar-refractivity contribution < 1.29 is 14.3 Å². The summed E-state index contributed by atoms with van der Waals surface area (Å²) in [5.74, 6) is 1.56. The Morgan fingerprint density at radius 3 is 2.52 bits per heavy atom. The first-order valence-electron chi connectivity index (χ1n) is 7.96. The molecule has 118 valence electrons. The predicted octanol–water partition coefficient (Wildman–Crippen LogP) is 3.44. The van der Waals surface area contributed by atoms with Gasteiger partial charge in [-0.05, 0) is 49.1 Å². The molecule has 0 atom stereocenters. The molecule has 2 aromatic rings. The van der Waals surface area contributed by atoms with Crippen molar-refractivity contribution in [3.8, 4) is 11.5 Å². The molecule has 0 spiro atoms. The first kappa shape index (κ1) is 14.1. The van der Waals surface area contributed by atoms with Crippen LogP contribution < -0.4 is 14.8 Å². The van der Waals surface area contributed by atoms with E-state index in [1.165, 1.54) is 0 Å². The number of ether oxygens (including phenoxy) is 2. The molecule has 1 amide bonds. The number of aryl methyl sites for hydroxylation is 1. The lowest BCUT2D eigenvalue weighted by Gasteiger charge is -2.22. The first-order valence-corrected chi connectivity index (χ1v) is 7.96.